The van der Waals surface area contributed by atoms with Crippen LogP contribution in [0.25, 0.3) is 0 Å². The molecule has 6 heteroatoms. The summed E-state index contributed by atoms with van der Waals surface area (Å²) in [5.41, 5.74) is 0. The molecule has 1 aliphatic carbocycles. The van der Waals surface area contributed by atoms with Gasteiger partial charge in [0.15, 0.2) is 6.10 Å². The third kappa shape index (κ3) is 2.86. The molecular weight excluding hydrogens is 278 g/mol. The van der Waals surface area contributed by atoms with E-state index in [0.717, 1.165) is 17.7 Å². The minimum absolute atomic E-state index is 0.0509. The topological polar surface area (TPSA) is 75.6 Å². The molecule has 5 nitrogen and oxygen atoms in total. The summed E-state index contributed by atoms with van der Waals surface area (Å²) >= 11 is 1.64. The Morgan fingerprint density at radius 2 is 2.05 bits per heavy atom. The standard InChI is InChI=1S/C14H17NO4S/c16-13(9-5-6-10(19-9)14(17)18)15-12(8-3-4-8)11-2-1-7-20-11/h1-2,7-10,12H,3-6H2,(H,15,16)(H,17,18)/t9-,10+,12?/m0/s1. The monoisotopic (exact) mass is 295 g/mol. The first-order chi connectivity index (χ1) is 9.65. The Hall–Kier alpha value is -1.40. The second-order valence-electron chi connectivity index (χ2n) is 5.37. The summed E-state index contributed by atoms with van der Waals surface area (Å²) in [5, 5.41) is 13.9. The molecule has 3 atom stereocenters. The van der Waals surface area contributed by atoms with Gasteiger partial charge in [0.2, 0.25) is 5.91 Å². The molecule has 1 saturated heterocycles. The van der Waals surface area contributed by atoms with Crippen molar-refractivity contribution in [2.45, 2.75) is 43.9 Å². The average Bonchev–Trinajstić information content (AvgIpc) is 2.95. The van der Waals surface area contributed by atoms with Gasteiger partial charge in [0, 0.05) is 4.88 Å². The SMILES string of the molecule is O=C(NC(c1cccs1)C1CC1)[C@@H]1CC[C@H](C(=O)O)O1. The molecule has 2 N–H and O–H groups in total. The summed E-state index contributed by atoms with van der Waals surface area (Å²) in [6.45, 7) is 0. The second-order valence-corrected chi connectivity index (χ2v) is 6.35. The van der Waals surface area contributed by atoms with E-state index in [0.29, 0.717) is 18.8 Å². The number of aliphatic carboxylic acids is 1. The maximum absolute atomic E-state index is 12.2. The summed E-state index contributed by atoms with van der Waals surface area (Å²) in [4.78, 5) is 24.2. The summed E-state index contributed by atoms with van der Waals surface area (Å²) in [5.74, 6) is -0.661. The number of ether oxygens (including phenoxy) is 1. The van der Waals surface area contributed by atoms with Crippen molar-refractivity contribution in [3.63, 3.8) is 0 Å². The van der Waals surface area contributed by atoms with Crippen molar-refractivity contribution in [2.24, 2.45) is 5.92 Å². The van der Waals surface area contributed by atoms with Crippen LogP contribution in [0.2, 0.25) is 0 Å². The third-order valence-electron chi connectivity index (χ3n) is 3.83. The van der Waals surface area contributed by atoms with Gasteiger partial charge in [-0.1, -0.05) is 6.07 Å². The fraction of sp³-hybridized carbons (Fsp3) is 0.571. The smallest absolute Gasteiger partial charge is 0.332 e. The minimum Gasteiger partial charge on any atom is -0.479 e. The number of hydrogen-bond donors (Lipinski definition) is 2. The highest BCUT2D eigenvalue weighted by Gasteiger charge is 2.39. The van der Waals surface area contributed by atoms with E-state index >= 15 is 0 Å². The molecule has 0 aromatic carbocycles. The lowest BCUT2D eigenvalue weighted by Crippen LogP contribution is -2.38. The Morgan fingerprint density at radius 3 is 2.60 bits per heavy atom. The Balaban J connectivity index is 1.62. The number of thiophene rings is 1. The number of nitrogens with one attached hydrogen (secondary N) is 1. The van der Waals surface area contributed by atoms with E-state index in [-0.39, 0.29) is 11.9 Å². The normalized spacial score (nSPS) is 27.2. The van der Waals surface area contributed by atoms with Crippen molar-refractivity contribution in [1.82, 2.24) is 5.32 Å². The van der Waals surface area contributed by atoms with Gasteiger partial charge >= 0.3 is 5.97 Å². The predicted molar refractivity (Wildman–Crippen MR) is 73.5 cm³/mol. The van der Waals surface area contributed by atoms with Gasteiger partial charge in [-0.15, -0.1) is 11.3 Å². The highest BCUT2D eigenvalue weighted by atomic mass is 32.1. The molecule has 1 aromatic heterocycles. The summed E-state index contributed by atoms with van der Waals surface area (Å²) in [6, 6.07) is 4.06. The maximum atomic E-state index is 12.2. The van der Waals surface area contributed by atoms with Crippen LogP contribution in [0.1, 0.15) is 36.6 Å². The Kier molecular flexibility index (Phi) is 3.76. The van der Waals surface area contributed by atoms with Crippen molar-refractivity contribution in [3.8, 4) is 0 Å². The fourth-order valence-electron chi connectivity index (χ4n) is 2.58. The van der Waals surface area contributed by atoms with E-state index in [1.807, 2.05) is 17.5 Å². The Labute approximate surface area is 120 Å². The zero-order valence-electron chi connectivity index (χ0n) is 11.0. The molecule has 108 valence electrons. The molecule has 1 unspecified atom stereocenters. The summed E-state index contributed by atoms with van der Waals surface area (Å²) in [6.07, 6.45) is 1.67. The van der Waals surface area contributed by atoms with Gasteiger partial charge in [0.05, 0.1) is 6.04 Å². The number of amides is 1. The van der Waals surface area contributed by atoms with Crippen LogP contribution in [0.4, 0.5) is 0 Å². The van der Waals surface area contributed by atoms with E-state index in [4.69, 9.17) is 9.84 Å². The first kappa shape index (κ1) is 13.6. The maximum Gasteiger partial charge on any atom is 0.332 e. The van der Waals surface area contributed by atoms with Crippen LogP contribution < -0.4 is 5.32 Å². The van der Waals surface area contributed by atoms with Crippen molar-refractivity contribution >= 4 is 23.2 Å². The highest BCUT2D eigenvalue weighted by Crippen LogP contribution is 2.42. The van der Waals surface area contributed by atoms with Crippen LogP contribution in [0.15, 0.2) is 17.5 Å². The van der Waals surface area contributed by atoms with Crippen molar-refractivity contribution in [2.75, 3.05) is 0 Å². The molecule has 1 amide bonds. The first-order valence-corrected chi connectivity index (χ1v) is 7.75. The summed E-state index contributed by atoms with van der Waals surface area (Å²) < 4.78 is 5.29. The molecule has 1 aliphatic heterocycles. The van der Waals surface area contributed by atoms with Crippen LogP contribution >= 0.6 is 11.3 Å². The van der Waals surface area contributed by atoms with Crippen LogP contribution in [0, 0.1) is 5.92 Å². The zero-order valence-corrected chi connectivity index (χ0v) is 11.8. The van der Waals surface area contributed by atoms with Crippen LogP contribution in [-0.2, 0) is 14.3 Å². The molecular formula is C14H17NO4S. The van der Waals surface area contributed by atoms with E-state index in [1.165, 1.54) is 0 Å². The lowest BCUT2D eigenvalue weighted by atomic mass is 10.1. The number of carbonyl (C=O) groups excluding carboxylic acids is 1. The number of carboxylic acids is 1. The number of hydrogen-bond acceptors (Lipinski definition) is 4. The number of carbonyl (C=O) groups is 2. The van der Waals surface area contributed by atoms with E-state index in [9.17, 15) is 9.59 Å². The molecule has 20 heavy (non-hydrogen) atoms. The second kappa shape index (κ2) is 5.54. The van der Waals surface area contributed by atoms with Gasteiger partial charge < -0.3 is 15.2 Å². The molecule has 2 heterocycles. The van der Waals surface area contributed by atoms with Crippen molar-refractivity contribution in [3.05, 3.63) is 22.4 Å². The number of carboxylic acid groups (broad SMARTS) is 1. The van der Waals surface area contributed by atoms with Crippen molar-refractivity contribution < 1.29 is 19.4 Å². The van der Waals surface area contributed by atoms with Gasteiger partial charge in [-0.3, -0.25) is 4.79 Å². The largest absolute Gasteiger partial charge is 0.479 e. The molecule has 0 spiro atoms. The molecule has 1 saturated carbocycles. The molecule has 0 bridgehead atoms. The first-order valence-electron chi connectivity index (χ1n) is 6.87. The van der Waals surface area contributed by atoms with Gasteiger partial charge in [0.25, 0.3) is 0 Å². The van der Waals surface area contributed by atoms with E-state index in [1.54, 1.807) is 11.3 Å². The highest BCUT2D eigenvalue weighted by molar-refractivity contribution is 7.10. The average molecular weight is 295 g/mol. The molecule has 1 aromatic rings. The molecule has 2 aliphatic rings. The molecule has 3 rings (SSSR count). The quantitative estimate of drug-likeness (QED) is 0.870. The summed E-state index contributed by atoms with van der Waals surface area (Å²) in [7, 11) is 0. The van der Waals surface area contributed by atoms with Gasteiger partial charge in [-0.05, 0) is 43.0 Å². The van der Waals surface area contributed by atoms with Crippen LogP contribution in [0.3, 0.4) is 0 Å². The number of rotatable bonds is 5. The zero-order chi connectivity index (χ0) is 14.1. The lowest BCUT2D eigenvalue weighted by molar-refractivity contribution is -0.152. The van der Waals surface area contributed by atoms with E-state index in [2.05, 4.69) is 5.32 Å². The van der Waals surface area contributed by atoms with Crippen LogP contribution in [0.5, 0.6) is 0 Å². The molecule has 2 fully saturated rings. The Bertz CT molecular complexity index is 497. The van der Waals surface area contributed by atoms with Crippen molar-refractivity contribution in [1.29, 1.82) is 0 Å². The molecule has 0 radical (unpaired) electrons. The van der Waals surface area contributed by atoms with Crippen LogP contribution in [-0.4, -0.2) is 29.2 Å². The van der Waals surface area contributed by atoms with Gasteiger partial charge in [-0.25, -0.2) is 4.79 Å². The minimum atomic E-state index is -0.989. The lowest BCUT2D eigenvalue weighted by Gasteiger charge is -2.19. The fourth-order valence-corrected chi connectivity index (χ4v) is 3.45. The van der Waals surface area contributed by atoms with Gasteiger partial charge in [-0.2, -0.15) is 0 Å². The van der Waals surface area contributed by atoms with E-state index < -0.39 is 18.2 Å². The van der Waals surface area contributed by atoms with Gasteiger partial charge in [0.1, 0.15) is 6.10 Å². The predicted octanol–water partition coefficient (Wildman–Crippen LogP) is 1.95. The third-order valence-corrected chi connectivity index (χ3v) is 4.78. The Morgan fingerprint density at radius 1 is 1.30 bits per heavy atom.